The van der Waals surface area contributed by atoms with Crippen LogP contribution in [0.5, 0.6) is 5.75 Å². The summed E-state index contributed by atoms with van der Waals surface area (Å²) in [5.41, 5.74) is 3.09. The van der Waals surface area contributed by atoms with E-state index in [1.165, 1.54) is 0 Å². The van der Waals surface area contributed by atoms with Crippen LogP contribution >= 0.6 is 0 Å². The molecule has 0 spiro atoms. The van der Waals surface area contributed by atoms with Crippen molar-refractivity contribution in [3.63, 3.8) is 0 Å². The molecule has 7 nitrogen and oxygen atoms in total. The number of carboxylic acid groups (broad SMARTS) is 1. The molecule has 0 aliphatic heterocycles. The quantitative estimate of drug-likeness (QED) is 0.230. The molecular formula is C30H35NO6S. The molecule has 3 aromatic rings. The second kappa shape index (κ2) is 14.4. The van der Waals surface area contributed by atoms with E-state index in [1.54, 1.807) is 48.6 Å². The Morgan fingerprint density at radius 2 is 1.79 bits per heavy atom. The maximum Gasteiger partial charge on any atom is 0.303 e. The van der Waals surface area contributed by atoms with E-state index < -0.39 is 22.1 Å². The zero-order valence-corrected chi connectivity index (χ0v) is 22.4. The van der Waals surface area contributed by atoms with Crippen LogP contribution in [0.15, 0.2) is 83.8 Å². The summed E-state index contributed by atoms with van der Waals surface area (Å²) in [4.78, 5) is 11.1. The first-order chi connectivity index (χ1) is 18.3. The third kappa shape index (κ3) is 9.36. The van der Waals surface area contributed by atoms with Crippen molar-refractivity contribution in [1.82, 2.24) is 0 Å². The van der Waals surface area contributed by atoms with Crippen molar-refractivity contribution < 1.29 is 28.2 Å². The topological polar surface area (TPSA) is 113 Å². The highest BCUT2D eigenvalue weighted by atomic mass is 32.2. The smallest absolute Gasteiger partial charge is 0.303 e. The molecule has 0 heterocycles. The summed E-state index contributed by atoms with van der Waals surface area (Å²) in [5.74, 6) is -0.255. The van der Waals surface area contributed by atoms with E-state index in [0.717, 1.165) is 36.0 Å². The van der Waals surface area contributed by atoms with Gasteiger partial charge in [0, 0.05) is 18.5 Å². The largest absolute Gasteiger partial charge is 0.493 e. The Hall–Kier alpha value is -3.62. The molecule has 0 saturated heterocycles. The van der Waals surface area contributed by atoms with Gasteiger partial charge < -0.3 is 14.9 Å². The lowest BCUT2D eigenvalue weighted by atomic mass is 10.1. The van der Waals surface area contributed by atoms with Crippen molar-refractivity contribution in [2.24, 2.45) is 0 Å². The number of aliphatic hydroxyl groups is 1. The van der Waals surface area contributed by atoms with Crippen LogP contribution in [0.2, 0.25) is 0 Å². The van der Waals surface area contributed by atoms with Crippen LogP contribution < -0.4 is 9.46 Å². The molecule has 3 rings (SSSR count). The maximum absolute atomic E-state index is 12.8. The number of aryl methyl sites for hydroxylation is 2. The lowest BCUT2D eigenvalue weighted by Crippen LogP contribution is -2.13. The Bertz CT molecular complexity index is 1320. The number of nitrogens with one attached hydrogen (secondary N) is 1. The Labute approximate surface area is 224 Å². The molecule has 0 radical (unpaired) electrons. The number of hydrogen-bond acceptors (Lipinski definition) is 5. The van der Waals surface area contributed by atoms with E-state index >= 15 is 0 Å². The van der Waals surface area contributed by atoms with Crippen LogP contribution in [-0.2, 0) is 27.7 Å². The van der Waals surface area contributed by atoms with Crippen molar-refractivity contribution in [2.75, 3.05) is 11.3 Å². The number of para-hydroxylation sites is 1. The van der Waals surface area contributed by atoms with Gasteiger partial charge in [-0.25, -0.2) is 8.42 Å². The Morgan fingerprint density at radius 3 is 2.53 bits per heavy atom. The van der Waals surface area contributed by atoms with E-state index in [2.05, 4.69) is 11.6 Å². The minimum absolute atomic E-state index is 0.0201. The molecule has 38 heavy (non-hydrogen) atoms. The van der Waals surface area contributed by atoms with Crippen LogP contribution in [-0.4, -0.2) is 37.3 Å². The first kappa shape index (κ1) is 28.9. The number of hydrogen-bond donors (Lipinski definition) is 3. The minimum Gasteiger partial charge on any atom is -0.493 e. The summed E-state index contributed by atoms with van der Waals surface area (Å²) < 4.78 is 34.0. The van der Waals surface area contributed by atoms with E-state index in [1.807, 2.05) is 36.4 Å². The highest BCUT2D eigenvalue weighted by Gasteiger charge is 2.14. The average molecular weight is 538 g/mol. The first-order valence-electron chi connectivity index (χ1n) is 12.8. The highest BCUT2D eigenvalue weighted by molar-refractivity contribution is 7.92. The Kier molecular flexibility index (Phi) is 10.9. The number of carbonyl (C=O) groups is 1. The molecule has 0 unspecified atom stereocenters. The molecule has 202 valence electrons. The zero-order chi connectivity index (χ0) is 27.4. The molecule has 0 fully saturated rings. The van der Waals surface area contributed by atoms with Crippen molar-refractivity contribution in [1.29, 1.82) is 0 Å². The molecular weight excluding hydrogens is 502 g/mol. The maximum atomic E-state index is 12.8. The number of aliphatic carboxylic acids is 1. The van der Waals surface area contributed by atoms with Crippen molar-refractivity contribution in [2.45, 2.75) is 56.4 Å². The van der Waals surface area contributed by atoms with Gasteiger partial charge in [-0.1, -0.05) is 68.0 Å². The third-order valence-corrected chi connectivity index (χ3v) is 7.35. The lowest BCUT2D eigenvalue weighted by molar-refractivity contribution is -0.136. The zero-order valence-electron chi connectivity index (χ0n) is 21.5. The van der Waals surface area contributed by atoms with Crippen molar-refractivity contribution in [3.05, 3.63) is 95.6 Å². The van der Waals surface area contributed by atoms with Crippen LogP contribution in [0.4, 0.5) is 5.69 Å². The van der Waals surface area contributed by atoms with Gasteiger partial charge in [0.2, 0.25) is 0 Å². The van der Waals surface area contributed by atoms with Crippen LogP contribution in [0.3, 0.4) is 0 Å². The molecule has 0 saturated carbocycles. The van der Waals surface area contributed by atoms with Gasteiger partial charge in [-0.2, -0.15) is 0 Å². The molecule has 0 aliphatic carbocycles. The number of unbranched alkanes of at least 4 members (excludes halogenated alkanes) is 1. The molecule has 0 aromatic heterocycles. The number of carboxylic acids is 1. The summed E-state index contributed by atoms with van der Waals surface area (Å²) in [6, 6.07) is 21.2. The fourth-order valence-electron chi connectivity index (χ4n) is 3.84. The SMILES string of the molecule is CCCCc1ccc(S(=O)(=O)Nc2cccc(/C=C/[C@H](O)CCOc3ccccc3CCC(=O)O)c2)cc1. The summed E-state index contributed by atoms with van der Waals surface area (Å²) >= 11 is 0. The molecule has 0 bridgehead atoms. The number of benzene rings is 3. The summed E-state index contributed by atoms with van der Waals surface area (Å²) in [6.45, 7) is 2.38. The predicted octanol–water partition coefficient (Wildman–Crippen LogP) is 5.69. The second-order valence-electron chi connectivity index (χ2n) is 9.04. The number of ether oxygens (including phenoxy) is 1. The second-order valence-corrected chi connectivity index (χ2v) is 10.7. The van der Waals surface area contributed by atoms with E-state index in [-0.39, 0.29) is 17.9 Å². The molecule has 0 aliphatic rings. The fraction of sp³-hybridized carbons (Fsp3) is 0.300. The van der Waals surface area contributed by atoms with Crippen molar-refractivity contribution >= 4 is 27.8 Å². The Morgan fingerprint density at radius 1 is 1.03 bits per heavy atom. The van der Waals surface area contributed by atoms with E-state index in [0.29, 0.717) is 24.3 Å². The van der Waals surface area contributed by atoms with Crippen molar-refractivity contribution in [3.8, 4) is 5.75 Å². The van der Waals surface area contributed by atoms with Gasteiger partial charge in [0.25, 0.3) is 10.0 Å². The average Bonchev–Trinajstić information content (AvgIpc) is 2.90. The fourth-order valence-corrected chi connectivity index (χ4v) is 4.89. The monoisotopic (exact) mass is 537 g/mol. The lowest BCUT2D eigenvalue weighted by Gasteiger charge is -2.12. The van der Waals surface area contributed by atoms with Gasteiger partial charge >= 0.3 is 5.97 Å². The number of sulfonamides is 1. The van der Waals surface area contributed by atoms with Gasteiger partial charge in [-0.05, 0) is 66.3 Å². The molecule has 3 aromatic carbocycles. The molecule has 3 N–H and O–H groups in total. The third-order valence-electron chi connectivity index (χ3n) is 5.95. The summed E-state index contributed by atoms with van der Waals surface area (Å²) in [7, 11) is -3.72. The van der Waals surface area contributed by atoms with Gasteiger partial charge in [0.05, 0.1) is 17.6 Å². The van der Waals surface area contributed by atoms with Gasteiger partial charge in [0.1, 0.15) is 5.75 Å². The molecule has 0 amide bonds. The minimum atomic E-state index is -3.72. The number of anilines is 1. The van der Waals surface area contributed by atoms with E-state index in [9.17, 15) is 18.3 Å². The van der Waals surface area contributed by atoms with Gasteiger partial charge in [-0.15, -0.1) is 0 Å². The summed E-state index contributed by atoms with van der Waals surface area (Å²) in [5, 5.41) is 19.3. The summed E-state index contributed by atoms with van der Waals surface area (Å²) in [6.07, 6.45) is 6.39. The molecule has 1 atom stereocenters. The molecule has 8 heteroatoms. The van der Waals surface area contributed by atoms with Crippen LogP contribution in [0.1, 0.15) is 49.3 Å². The predicted molar refractivity (Wildman–Crippen MR) is 150 cm³/mol. The van der Waals surface area contributed by atoms with Crippen LogP contribution in [0, 0.1) is 0 Å². The van der Waals surface area contributed by atoms with Gasteiger partial charge in [0.15, 0.2) is 0 Å². The first-order valence-corrected chi connectivity index (χ1v) is 14.3. The van der Waals surface area contributed by atoms with Gasteiger partial charge in [-0.3, -0.25) is 9.52 Å². The standard InChI is InChI=1S/C30H35NO6S/c1-2-3-7-23-13-17-28(18-14-23)38(35,36)31-26-10-6-8-24(22-26)12-16-27(32)20-21-37-29-11-5-4-9-25(29)15-19-30(33)34/h4-6,8-14,16-18,22,27,31-32H,2-3,7,15,19-21H2,1H3,(H,33,34)/b16-12+/t27-/m0/s1. The number of rotatable bonds is 15. The normalized spacial score (nSPS) is 12.4. The van der Waals surface area contributed by atoms with Crippen LogP contribution in [0.25, 0.3) is 6.08 Å². The van der Waals surface area contributed by atoms with E-state index in [4.69, 9.17) is 9.84 Å². The number of aliphatic hydroxyl groups excluding tert-OH is 1. The Balaban J connectivity index is 1.54. The highest BCUT2D eigenvalue weighted by Crippen LogP contribution is 2.21.